The number of amides is 2. The minimum absolute atomic E-state index is 0.0619. The zero-order chi connectivity index (χ0) is 19.9. The molecule has 142 valence electrons. The first kappa shape index (κ1) is 19.8. The summed E-state index contributed by atoms with van der Waals surface area (Å²) in [5.74, 6) is 0.769. The van der Waals surface area contributed by atoms with Gasteiger partial charge in [-0.1, -0.05) is 23.7 Å². The third-order valence-corrected chi connectivity index (χ3v) is 4.89. The normalized spacial score (nSPS) is 15.0. The number of thioether (sulfide) groups is 1. The summed E-state index contributed by atoms with van der Waals surface area (Å²) < 4.78 is 10.8. The van der Waals surface area contributed by atoms with Gasteiger partial charge in [0, 0.05) is 5.02 Å². The number of hydrogen-bond donors (Lipinski definition) is 0. The van der Waals surface area contributed by atoms with Gasteiger partial charge >= 0.3 is 0 Å². The van der Waals surface area contributed by atoms with Gasteiger partial charge in [0.15, 0.2) is 6.61 Å². The van der Waals surface area contributed by atoms with E-state index in [-0.39, 0.29) is 30.9 Å². The van der Waals surface area contributed by atoms with Gasteiger partial charge in [0.2, 0.25) is 0 Å². The van der Waals surface area contributed by atoms with Gasteiger partial charge in [-0.25, -0.2) is 0 Å². The van der Waals surface area contributed by atoms with Crippen LogP contribution in [0.5, 0.6) is 11.5 Å². The molecule has 0 atom stereocenters. The molecule has 1 fully saturated rings. The molecule has 3 rings (SSSR count). The highest BCUT2D eigenvalue weighted by Gasteiger charge is 2.34. The Bertz CT molecular complexity index is 953. The summed E-state index contributed by atoms with van der Waals surface area (Å²) in [5, 5.41) is 8.84. The van der Waals surface area contributed by atoms with Gasteiger partial charge in [-0.2, -0.15) is 5.26 Å². The molecule has 0 bridgehead atoms. The Labute approximate surface area is 171 Å². The van der Waals surface area contributed by atoms with E-state index in [9.17, 15) is 9.59 Å². The van der Waals surface area contributed by atoms with Crippen molar-refractivity contribution in [3.63, 3.8) is 0 Å². The number of nitrogens with zero attached hydrogens (tertiary/aromatic N) is 2. The number of imide groups is 1. The third-order valence-electron chi connectivity index (χ3n) is 3.73. The molecule has 0 aliphatic carbocycles. The molecular weight excluding hydrogens is 400 g/mol. The number of hydrogen-bond acceptors (Lipinski definition) is 6. The van der Waals surface area contributed by atoms with E-state index in [0.717, 1.165) is 16.7 Å². The lowest BCUT2D eigenvalue weighted by atomic mass is 10.2. The fourth-order valence-corrected chi connectivity index (χ4v) is 3.43. The van der Waals surface area contributed by atoms with Gasteiger partial charge in [-0.3, -0.25) is 14.5 Å². The summed E-state index contributed by atoms with van der Waals surface area (Å²) in [6, 6.07) is 15.7. The van der Waals surface area contributed by atoms with Gasteiger partial charge in [0.1, 0.15) is 24.2 Å². The smallest absolute Gasteiger partial charge is 0.293 e. The van der Waals surface area contributed by atoms with Gasteiger partial charge in [0.05, 0.1) is 11.4 Å². The van der Waals surface area contributed by atoms with Crippen LogP contribution in [0.1, 0.15) is 5.56 Å². The van der Waals surface area contributed by atoms with E-state index in [0.29, 0.717) is 27.0 Å². The Balaban J connectivity index is 1.62. The van der Waals surface area contributed by atoms with Crippen molar-refractivity contribution in [2.45, 2.75) is 0 Å². The van der Waals surface area contributed by atoms with Crippen LogP contribution in [0.25, 0.3) is 6.08 Å². The van der Waals surface area contributed by atoms with Crippen molar-refractivity contribution in [2.75, 3.05) is 19.8 Å². The number of carbonyl (C=O) groups is 2. The lowest BCUT2D eigenvalue weighted by molar-refractivity contribution is -0.123. The van der Waals surface area contributed by atoms with Gasteiger partial charge in [0.25, 0.3) is 11.1 Å². The maximum atomic E-state index is 12.5. The zero-order valence-corrected chi connectivity index (χ0v) is 16.2. The number of halogens is 1. The molecule has 0 saturated carbocycles. The second kappa shape index (κ2) is 9.31. The van der Waals surface area contributed by atoms with Crippen molar-refractivity contribution in [3.8, 4) is 17.6 Å². The molecule has 0 unspecified atom stereocenters. The highest BCUT2D eigenvalue weighted by atomic mass is 35.5. The summed E-state index contributed by atoms with van der Waals surface area (Å²) in [6.07, 6.45) is 1.63. The van der Waals surface area contributed by atoms with Crippen LogP contribution < -0.4 is 9.47 Å². The SMILES string of the molecule is N#CCOc1cccc(/C=C2\SC(=O)N(CCOc3ccc(Cl)cc3)C2=O)c1. The number of carbonyl (C=O) groups excluding carboxylic acids is 2. The number of rotatable bonds is 7. The lowest BCUT2D eigenvalue weighted by Crippen LogP contribution is -2.32. The van der Waals surface area contributed by atoms with Crippen LogP contribution in [-0.4, -0.2) is 35.8 Å². The van der Waals surface area contributed by atoms with Crippen LogP contribution in [-0.2, 0) is 4.79 Å². The van der Waals surface area contributed by atoms with E-state index < -0.39 is 0 Å². The quantitative estimate of drug-likeness (QED) is 0.626. The summed E-state index contributed by atoms with van der Waals surface area (Å²) in [5.41, 5.74) is 0.707. The van der Waals surface area contributed by atoms with E-state index in [4.69, 9.17) is 26.3 Å². The van der Waals surface area contributed by atoms with Crippen molar-refractivity contribution >= 4 is 40.6 Å². The average molecular weight is 415 g/mol. The van der Waals surface area contributed by atoms with E-state index >= 15 is 0 Å². The molecule has 28 heavy (non-hydrogen) atoms. The van der Waals surface area contributed by atoms with Gasteiger partial charge in [-0.05, 0) is 59.8 Å². The van der Waals surface area contributed by atoms with Crippen LogP contribution in [0, 0.1) is 11.3 Å². The highest BCUT2D eigenvalue weighted by molar-refractivity contribution is 8.18. The average Bonchev–Trinajstić information content (AvgIpc) is 2.95. The van der Waals surface area contributed by atoms with Crippen molar-refractivity contribution in [3.05, 3.63) is 64.0 Å². The molecule has 0 radical (unpaired) electrons. The molecule has 1 saturated heterocycles. The minimum Gasteiger partial charge on any atom is -0.492 e. The molecule has 0 aromatic heterocycles. The molecular formula is C20H15ClN2O4S. The number of ether oxygens (including phenoxy) is 2. The molecule has 1 aliphatic heterocycles. The fourth-order valence-electron chi connectivity index (χ4n) is 2.44. The van der Waals surface area contributed by atoms with Crippen LogP contribution in [0.15, 0.2) is 53.4 Å². The largest absolute Gasteiger partial charge is 0.492 e. The molecule has 2 amide bonds. The molecule has 0 spiro atoms. The maximum absolute atomic E-state index is 12.5. The Hall–Kier alpha value is -2.95. The van der Waals surface area contributed by atoms with E-state index in [2.05, 4.69) is 0 Å². The number of nitriles is 1. The standard InChI is InChI=1S/C20H15ClN2O4S/c21-15-4-6-16(7-5-15)27-11-9-23-19(24)18(28-20(23)25)13-14-2-1-3-17(12-14)26-10-8-22/h1-7,12-13H,9-11H2/b18-13-. The topological polar surface area (TPSA) is 79.6 Å². The predicted molar refractivity (Wildman–Crippen MR) is 107 cm³/mol. The fraction of sp³-hybridized carbons (Fsp3) is 0.150. The van der Waals surface area contributed by atoms with Crippen molar-refractivity contribution in [1.82, 2.24) is 4.90 Å². The molecule has 1 aliphatic rings. The van der Waals surface area contributed by atoms with Crippen molar-refractivity contribution < 1.29 is 19.1 Å². The van der Waals surface area contributed by atoms with E-state index in [1.807, 2.05) is 6.07 Å². The first-order valence-electron chi connectivity index (χ1n) is 8.30. The Morgan fingerprint density at radius 2 is 1.89 bits per heavy atom. The Kier molecular flexibility index (Phi) is 6.58. The highest BCUT2D eigenvalue weighted by Crippen LogP contribution is 2.32. The van der Waals surface area contributed by atoms with Crippen LogP contribution in [0.4, 0.5) is 4.79 Å². The summed E-state index contributed by atoms with van der Waals surface area (Å²) in [6.45, 7) is 0.272. The molecule has 0 N–H and O–H groups in total. The van der Waals surface area contributed by atoms with Gasteiger partial charge in [-0.15, -0.1) is 0 Å². The Morgan fingerprint density at radius 1 is 1.11 bits per heavy atom. The van der Waals surface area contributed by atoms with Crippen LogP contribution in [0.3, 0.4) is 0 Å². The first-order valence-corrected chi connectivity index (χ1v) is 9.50. The second-order valence-corrected chi connectivity index (χ2v) is 7.08. The Morgan fingerprint density at radius 3 is 2.64 bits per heavy atom. The molecule has 1 heterocycles. The molecule has 8 heteroatoms. The van der Waals surface area contributed by atoms with Crippen molar-refractivity contribution in [2.24, 2.45) is 0 Å². The van der Waals surface area contributed by atoms with Crippen LogP contribution >= 0.6 is 23.4 Å². The zero-order valence-electron chi connectivity index (χ0n) is 14.6. The maximum Gasteiger partial charge on any atom is 0.293 e. The van der Waals surface area contributed by atoms with E-state index in [1.54, 1.807) is 54.6 Å². The van der Waals surface area contributed by atoms with Crippen molar-refractivity contribution in [1.29, 1.82) is 5.26 Å². The second-order valence-electron chi connectivity index (χ2n) is 5.66. The predicted octanol–water partition coefficient (Wildman–Crippen LogP) is 4.36. The van der Waals surface area contributed by atoms with Gasteiger partial charge < -0.3 is 9.47 Å². The number of benzene rings is 2. The van der Waals surface area contributed by atoms with Crippen LogP contribution in [0.2, 0.25) is 5.02 Å². The molecule has 6 nitrogen and oxygen atoms in total. The summed E-state index contributed by atoms with van der Waals surface area (Å²) >= 11 is 6.70. The first-order chi connectivity index (χ1) is 13.6. The van der Waals surface area contributed by atoms with E-state index in [1.165, 1.54) is 0 Å². The minimum atomic E-state index is -0.363. The molecule has 2 aromatic rings. The third kappa shape index (κ3) is 5.06. The lowest BCUT2D eigenvalue weighted by Gasteiger charge is -2.13. The monoisotopic (exact) mass is 414 g/mol. The molecule has 2 aromatic carbocycles. The summed E-state index contributed by atoms with van der Waals surface area (Å²) in [4.78, 5) is 26.2. The summed E-state index contributed by atoms with van der Waals surface area (Å²) in [7, 11) is 0.